The van der Waals surface area contributed by atoms with E-state index in [1.807, 2.05) is 30.3 Å². The third-order valence-electron chi connectivity index (χ3n) is 4.57. The van der Waals surface area contributed by atoms with E-state index in [2.05, 4.69) is 34.4 Å². The van der Waals surface area contributed by atoms with Crippen LogP contribution in [0.3, 0.4) is 0 Å². The van der Waals surface area contributed by atoms with Gasteiger partial charge in [0.25, 0.3) is 0 Å². The third kappa shape index (κ3) is 3.21. The Morgan fingerprint density at radius 2 is 1.67 bits per heavy atom. The van der Waals surface area contributed by atoms with Crippen molar-refractivity contribution in [2.75, 3.05) is 0 Å². The van der Waals surface area contributed by atoms with Crippen molar-refractivity contribution < 1.29 is 4.52 Å². The summed E-state index contributed by atoms with van der Waals surface area (Å²) in [7, 11) is 0. The molecule has 24 heavy (non-hydrogen) atoms. The second-order valence-electron chi connectivity index (χ2n) is 6.27. The molecule has 4 rings (SSSR count). The van der Waals surface area contributed by atoms with Gasteiger partial charge in [-0.15, -0.1) is 12.4 Å². The van der Waals surface area contributed by atoms with Gasteiger partial charge in [0.15, 0.2) is 0 Å². The van der Waals surface area contributed by atoms with Crippen molar-refractivity contribution in [1.82, 2.24) is 10.1 Å². The number of halogens is 1. The van der Waals surface area contributed by atoms with Crippen LogP contribution in [-0.4, -0.2) is 10.1 Å². The molecule has 3 aromatic rings. The Hall–Kier alpha value is -2.17. The standard InChI is InChI=1S/C19H19N3O.ClH/c20-13-15-6-8-16(9-7-15)17-21-18(23-22-17)19(10-11-19)12-14-4-2-1-3-5-14;/h1-9H,10-13,20H2;1H. The van der Waals surface area contributed by atoms with Gasteiger partial charge in [-0.1, -0.05) is 59.8 Å². The molecule has 5 heteroatoms. The maximum absolute atomic E-state index is 5.63. The monoisotopic (exact) mass is 341 g/mol. The molecule has 1 saturated carbocycles. The average Bonchev–Trinajstić information content (AvgIpc) is 3.21. The molecule has 0 unspecified atom stereocenters. The van der Waals surface area contributed by atoms with E-state index in [4.69, 9.17) is 10.3 Å². The van der Waals surface area contributed by atoms with Crippen molar-refractivity contribution in [3.8, 4) is 11.4 Å². The van der Waals surface area contributed by atoms with Crippen LogP contribution in [0.5, 0.6) is 0 Å². The van der Waals surface area contributed by atoms with Crippen LogP contribution in [0.4, 0.5) is 0 Å². The van der Waals surface area contributed by atoms with Crippen LogP contribution < -0.4 is 5.73 Å². The van der Waals surface area contributed by atoms with Crippen molar-refractivity contribution in [1.29, 1.82) is 0 Å². The maximum atomic E-state index is 5.63. The van der Waals surface area contributed by atoms with E-state index in [-0.39, 0.29) is 17.8 Å². The number of aromatic nitrogens is 2. The van der Waals surface area contributed by atoms with Crippen LogP contribution in [0.2, 0.25) is 0 Å². The van der Waals surface area contributed by atoms with E-state index in [0.29, 0.717) is 12.4 Å². The number of nitrogens with two attached hydrogens (primary N) is 1. The quantitative estimate of drug-likeness (QED) is 0.764. The molecule has 0 bridgehead atoms. The van der Waals surface area contributed by atoms with Gasteiger partial charge in [-0.3, -0.25) is 0 Å². The highest BCUT2D eigenvalue weighted by Crippen LogP contribution is 2.50. The number of benzene rings is 2. The molecule has 2 aromatic carbocycles. The first-order chi connectivity index (χ1) is 11.3. The first-order valence-corrected chi connectivity index (χ1v) is 7.97. The minimum atomic E-state index is 0. The predicted molar refractivity (Wildman–Crippen MR) is 95.9 cm³/mol. The first kappa shape index (κ1) is 16.7. The van der Waals surface area contributed by atoms with E-state index in [1.165, 1.54) is 5.56 Å². The molecular formula is C19H20ClN3O. The Kier molecular flexibility index (Phi) is 4.69. The van der Waals surface area contributed by atoms with Gasteiger partial charge in [0.2, 0.25) is 11.7 Å². The summed E-state index contributed by atoms with van der Waals surface area (Å²) in [5.41, 5.74) is 9.04. The van der Waals surface area contributed by atoms with Gasteiger partial charge in [-0.05, 0) is 30.4 Å². The Bertz CT molecular complexity index is 795. The highest BCUT2D eigenvalue weighted by atomic mass is 35.5. The first-order valence-electron chi connectivity index (χ1n) is 7.97. The van der Waals surface area contributed by atoms with Gasteiger partial charge in [0, 0.05) is 12.1 Å². The van der Waals surface area contributed by atoms with Gasteiger partial charge in [-0.25, -0.2) is 0 Å². The molecule has 1 aliphatic carbocycles. The number of hydrogen-bond donors (Lipinski definition) is 1. The van der Waals surface area contributed by atoms with E-state index in [1.54, 1.807) is 0 Å². The minimum Gasteiger partial charge on any atom is -0.338 e. The van der Waals surface area contributed by atoms with E-state index >= 15 is 0 Å². The van der Waals surface area contributed by atoms with E-state index in [0.717, 1.165) is 36.3 Å². The zero-order valence-corrected chi connectivity index (χ0v) is 14.1. The molecule has 0 amide bonds. The predicted octanol–water partition coefficient (Wildman–Crippen LogP) is 3.89. The molecule has 1 heterocycles. The van der Waals surface area contributed by atoms with Crippen LogP contribution in [0.15, 0.2) is 59.1 Å². The number of nitrogens with zero attached hydrogens (tertiary/aromatic N) is 2. The molecular weight excluding hydrogens is 322 g/mol. The van der Waals surface area contributed by atoms with Gasteiger partial charge in [0.1, 0.15) is 0 Å². The zero-order chi connectivity index (χ0) is 15.7. The van der Waals surface area contributed by atoms with E-state index in [9.17, 15) is 0 Å². The molecule has 0 aliphatic heterocycles. The van der Waals surface area contributed by atoms with Gasteiger partial charge in [-0.2, -0.15) is 4.98 Å². The zero-order valence-electron chi connectivity index (χ0n) is 13.3. The van der Waals surface area contributed by atoms with Crippen LogP contribution in [0.1, 0.15) is 29.9 Å². The Morgan fingerprint density at radius 1 is 0.958 bits per heavy atom. The van der Waals surface area contributed by atoms with Gasteiger partial charge >= 0.3 is 0 Å². The number of rotatable bonds is 5. The summed E-state index contributed by atoms with van der Waals surface area (Å²) in [6, 6.07) is 18.5. The third-order valence-corrected chi connectivity index (χ3v) is 4.57. The largest absolute Gasteiger partial charge is 0.338 e. The second-order valence-corrected chi connectivity index (χ2v) is 6.27. The molecule has 0 saturated heterocycles. The summed E-state index contributed by atoms with van der Waals surface area (Å²) in [6.07, 6.45) is 3.17. The summed E-state index contributed by atoms with van der Waals surface area (Å²) in [4.78, 5) is 4.66. The smallest absolute Gasteiger partial charge is 0.233 e. The molecule has 1 fully saturated rings. The minimum absolute atomic E-state index is 0. The average molecular weight is 342 g/mol. The lowest BCUT2D eigenvalue weighted by molar-refractivity contribution is 0.344. The fourth-order valence-electron chi connectivity index (χ4n) is 2.95. The van der Waals surface area contributed by atoms with Crippen molar-refractivity contribution in [3.05, 3.63) is 71.6 Å². The van der Waals surface area contributed by atoms with Crippen LogP contribution >= 0.6 is 12.4 Å². The Labute approximate surface area is 147 Å². The van der Waals surface area contributed by atoms with Crippen LogP contribution in [0, 0.1) is 0 Å². The fraction of sp³-hybridized carbons (Fsp3) is 0.263. The second kappa shape index (κ2) is 6.75. The molecule has 0 radical (unpaired) electrons. The molecule has 0 atom stereocenters. The van der Waals surface area contributed by atoms with Gasteiger partial charge < -0.3 is 10.3 Å². The SMILES string of the molecule is Cl.NCc1ccc(-c2noc(C3(Cc4ccccc4)CC3)n2)cc1. The molecule has 1 aliphatic rings. The normalized spacial score (nSPS) is 14.9. The van der Waals surface area contributed by atoms with Gasteiger partial charge in [0.05, 0.1) is 5.41 Å². The lowest BCUT2D eigenvalue weighted by atomic mass is 9.96. The fourth-order valence-corrected chi connectivity index (χ4v) is 2.95. The molecule has 124 valence electrons. The lowest BCUT2D eigenvalue weighted by Gasteiger charge is -2.09. The highest BCUT2D eigenvalue weighted by Gasteiger charge is 2.49. The Morgan fingerprint density at radius 3 is 2.29 bits per heavy atom. The molecule has 1 aromatic heterocycles. The van der Waals surface area contributed by atoms with Crippen molar-refractivity contribution in [3.63, 3.8) is 0 Å². The Balaban J connectivity index is 0.00000169. The lowest BCUT2D eigenvalue weighted by Crippen LogP contribution is -2.11. The summed E-state index contributed by atoms with van der Waals surface area (Å²) >= 11 is 0. The molecule has 2 N–H and O–H groups in total. The summed E-state index contributed by atoms with van der Waals surface area (Å²) in [5.74, 6) is 1.42. The highest BCUT2D eigenvalue weighted by molar-refractivity contribution is 5.85. The summed E-state index contributed by atoms with van der Waals surface area (Å²) in [6.45, 7) is 0.540. The van der Waals surface area contributed by atoms with Crippen molar-refractivity contribution in [2.24, 2.45) is 5.73 Å². The topological polar surface area (TPSA) is 64.9 Å². The van der Waals surface area contributed by atoms with Crippen LogP contribution in [0.25, 0.3) is 11.4 Å². The van der Waals surface area contributed by atoms with Crippen molar-refractivity contribution in [2.45, 2.75) is 31.2 Å². The molecule has 4 nitrogen and oxygen atoms in total. The summed E-state index contributed by atoms with van der Waals surface area (Å²) in [5, 5.41) is 4.17. The van der Waals surface area contributed by atoms with Crippen molar-refractivity contribution >= 4 is 12.4 Å². The maximum Gasteiger partial charge on any atom is 0.233 e. The summed E-state index contributed by atoms with van der Waals surface area (Å²) < 4.78 is 5.59. The molecule has 0 spiro atoms. The van der Waals surface area contributed by atoms with E-state index < -0.39 is 0 Å². The number of hydrogen-bond acceptors (Lipinski definition) is 4. The van der Waals surface area contributed by atoms with Crippen LogP contribution in [-0.2, 0) is 18.4 Å².